The molecule has 0 N–H and O–H groups in total. The Bertz CT molecular complexity index is 575. The number of halogens is 1. The van der Waals surface area contributed by atoms with Gasteiger partial charge in [0.2, 0.25) is 0 Å². The molecule has 20 heavy (non-hydrogen) atoms. The second kappa shape index (κ2) is 6.85. The normalized spacial score (nSPS) is 13.2. The molecular formula is C14H23ClN4S. The summed E-state index contributed by atoms with van der Waals surface area (Å²) < 4.78 is 4.19. The lowest BCUT2D eigenvalue weighted by Gasteiger charge is -2.11. The Balaban J connectivity index is 2.40. The van der Waals surface area contributed by atoms with E-state index in [0.717, 1.165) is 48.5 Å². The fraction of sp³-hybridized carbons (Fsp3) is 0.714. The number of aryl methyl sites for hydroxylation is 3. The monoisotopic (exact) mass is 314 g/mol. The minimum atomic E-state index is 0.452. The predicted molar refractivity (Wildman–Crippen MR) is 87.6 cm³/mol. The van der Waals surface area contributed by atoms with Crippen LogP contribution in [0.1, 0.15) is 38.2 Å². The van der Waals surface area contributed by atoms with Gasteiger partial charge in [0.05, 0.1) is 11.6 Å². The Labute approximate surface area is 129 Å². The van der Waals surface area contributed by atoms with Crippen molar-refractivity contribution in [3.8, 4) is 0 Å². The zero-order valence-corrected chi connectivity index (χ0v) is 14.3. The lowest BCUT2D eigenvalue weighted by Crippen LogP contribution is -2.10. The van der Waals surface area contributed by atoms with Crippen LogP contribution in [0.5, 0.6) is 0 Å². The summed E-state index contributed by atoms with van der Waals surface area (Å²) in [6.45, 7) is 5.37. The third-order valence-corrected chi connectivity index (χ3v) is 4.92. The molecule has 0 amide bonds. The number of hydrogen-bond acceptors (Lipinski definition) is 3. The van der Waals surface area contributed by atoms with E-state index in [2.05, 4.69) is 29.8 Å². The molecule has 2 rings (SSSR count). The van der Waals surface area contributed by atoms with Crippen molar-refractivity contribution in [1.29, 1.82) is 0 Å². The summed E-state index contributed by atoms with van der Waals surface area (Å²) >= 11 is 7.97. The minimum Gasteiger partial charge on any atom is -0.312 e. The Morgan fingerprint density at radius 2 is 2.15 bits per heavy atom. The molecule has 0 spiro atoms. The number of rotatable bonds is 7. The van der Waals surface area contributed by atoms with Gasteiger partial charge in [0.25, 0.3) is 0 Å². The smallest absolute Gasteiger partial charge is 0.158 e. The quantitative estimate of drug-likeness (QED) is 0.732. The molecule has 0 aliphatic heterocycles. The number of fused-ring (bicyclic) bond motifs is 1. The average molecular weight is 315 g/mol. The first-order valence-corrected chi connectivity index (χ1v) is 8.94. The van der Waals surface area contributed by atoms with E-state index in [1.807, 2.05) is 23.5 Å². The Kier molecular flexibility index (Phi) is 5.38. The number of imidazole rings is 1. The summed E-state index contributed by atoms with van der Waals surface area (Å²) in [5.41, 5.74) is 3.23. The van der Waals surface area contributed by atoms with Crippen molar-refractivity contribution in [2.24, 2.45) is 7.05 Å². The highest BCUT2D eigenvalue weighted by Crippen LogP contribution is 2.23. The molecule has 0 fully saturated rings. The summed E-state index contributed by atoms with van der Waals surface area (Å²) in [4.78, 5) is 4.72. The maximum absolute atomic E-state index is 6.07. The van der Waals surface area contributed by atoms with Crippen molar-refractivity contribution in [2.45, 2.75) is 50.8 Å². The van der Waals surface area contributed by atoms with Crippen molar-refractivity contribution in [3.63, 3.8) is 0 Å². The first-order valence-electron chi connectivity index (χ1n) is 7.12. The Morgan fingerprint density at radius 1 is 1.40 bits per heavy atom. The predicted octanol–water partition coefficient (Wildman–Crippen LogP) is 3.60. The van der Waals surface area contributed by atoms with Crippen molar-refractivity contribution in [1.82, 2.24) is 19.3 Å². The molecule has 2 aromatic rings. The molecule has 1 atom stereocenters. The first kappa shape index (κ1) is 15.7. The zero-order valence-electron chi connectivity index (χ0n) is 12.7. The van der Waals surface area contributed by atoms with Crippen LogP contribution in [-0.4, -0.2) is 30.8 Å². The van der Waals surface area contributed by atoms with E-state index in [4.69, 9.17) is 16.6 Å². The van der Waals surface area contributed by atoms with Crippen LogP contribution >= 0.6 is 23.4 Å². The summed E-state index contributed by atoms with van der Waals surface area (Å²) in [5.74, 6) is 1.41. The summed E-state index contributed by atoms with van der Waals surface area (Å²) in [7, 11) is 2.00. The SMILES string of the molecule is CCCc1nn(C)c2c1nc(CCl)n2CCC(C)SC. The van der Waals surface area contributed by atoms with Crippen molar-refractivity contribution in [3.05, 3.63) is 11.5 Å². The summed E-state index contributed by atoms with van der Waals surface area (Å²) in [6, 6.07) is 0. The molecule has 0 aromatic carbocycles. The molecule has 6 heteroatoms. The molecule has 0 aliphatic rings. The molecule has 1 unspecified atom stereocenters. The molecule has 112 valence electrons. The molecule has 0 bridgehead atoms. The van der Waals surface area contributed by atoms with E-state index < -0.39 is 0 Å². The highest BCUT2D eigenvalue weighted by atomic mass is 35.5. The zero-order chi connectivity index (χ0) is 14.7. The third kappa shape index (κ3) is 2.98. The fourth-order valence-electron chi connectivity index (χ4n) is 2.46. The summed E-state index contributed by atoms with van der Waals surface area (Å²) in [5, 5.41) is 5.25. The summed E-state index contributed by atoms with van der Waals surface area (Å²) in [6.07, 6.45) is 5.32. The van der Waals surface area contributed by atoms with E-state index in [0.29, 0.717) is 11.1 Å². The van der Waals surface area contributed by atoms with Gasteiger partial charge >= 0.3 is 0 Å². The van der Waals surface area contributed by atoms with Crippen LogP contribution in [0.4, 0.5) is 0 Å². The second-order valence-electron chi connectivity index (χ2n) is 5.14. The first-order chi connectivity index (χ1) is 9.62. The van der Waals surface area contributed by atoms with Gasteiger partial charge in [-0.2, -0.15) is 16.9 Å². The minimum absolute atomic E-state index is 0.452. The molecule has 0 saturated carbocycles. The highest BCUT2D eigenvalue weighted by molar-refractivity contribution is 7.99. The van der Waals surface area contributed by atoms with Crippen LogP contribution in [-0.2, 0) is 25.9 Å². The molecule has 4 nitrogen and oxygen atoms in total. The van der Waals surface area contributed by atoms with Crippen LogP contribution in [0.15, 0.2) is 0 Å². The van der Waals surface area contributed by atoms with E-state index in [1.165, 1.54) is 0 Å². The van der Waals surface area contributed by atoms with Gasteiger partial charge in [-0.25, -0.2) is 4.98 Å². The Morgan fingerprint density at radius 3 is 2.75 bits per heavy atom. The molecule has 0 saturated heterocycles. The fourth-order valence-corrected chi connectivity index (χ4v) is 3.00. The van der Waals surface area contributed by atoms with Gasteiger partial charge in [0.1, 0.15) is 11.3 Å². The largest absolute Gasteiger partial charge is 0.312 e. The van der Waals surface area contributed by atoms with E-state index in [-0.39, 0.29) is 0 Å². The van der Waals surface area contributed by atoms with Crippen molar-refractivity contribution >= 4 is 34.5 Å². The number of alkyl halides is 1. The van der Waals surface area contributed by atoms with Gasteiger partial charge in [-0.3, -0.25) is 4.68 Å². The van der Waals surface area contributed by atoms with Crippen LogP contribution in [0, 0.1) is 0 Å². The van der Waals surface area contributed by atoms with Gasteiger partial charge < -0.3 is 4.57 Å². The molecule has 2 aromatic heterocycles. The van der Waals surface area contributed by atoms with E-state index in [9.17, 15) is 0 Å². The highest BCUT2D eigenvalue weighted by Gasteiger charge is 2.18. The van der Waals surface area contributed by atoms with Gasteiger partial charge in [0.15, 0.2) is 5.65 Å². The van der Waals surface area contributed by atoms with Crippen LogP contribution in [0.3, 0.4) is 0 Å². The topological polar surface area (TPSA) is 35.6 Å². The van der Waals surface area contributed by atoms with Gasteiger partial charge in [-0.1, -0.05) is 20.3 Å². The van der Waals surface area contributed by atoms with E-state index >= 15 is 0 Å². The van der Waals surface area contributed by atoms with Gasteiger partial charge in [0, 0.05) is 18.8 Å². The average Bonchev–Trinajstić information content (AvgIpc) is 2.95. The molecular weight excluding hydrogens is 292 g/mol. The molecule has 0 aliphatic carbocycles. The van der Waals surface area contributed by atoms with Gasteiger partial charge in [-0.05, 0) is 19.1 Å². The number of aromatic nitrogens is 4. The maximum atomic E-state index is 6.07. The number of nitrogens with zero attached hydrogens (tertiary/aromatic N) is 4. The lowest BCUT2D eigenvalue weighted by molar-refractivity contribution is 0.612. The molecule has 0 radical (unpaired) electrons. The molecule has 2 heterocycles. The van der Waals surface area contributed by atoms with Crippen LogP contribution < -0.4 is 0 Å². The van der Waals surface area contributed by atoms with Crippen LogP contribution in [0.2, 0.25) is 0 Å². The second-order valence-corrected chi connectivity index (χ2v) is 6.68. The van der Waals surface area contributed by atoms with Gasteiger partial charge in [-0.15, -0.1) is 11.6 Å². The lowest BCUT2D eigenvalue weighted by atomic mass is 10.2. The maximum Gasteiger partial charge on any atom is 0.158 e. The van der Waals surface area contributed by atoms with Crippen molar-refractivity contribution in [2.75, 3.05) is 6.26 Å². The number of hydrogen-bond donors (Lipinski definition) is 0. The van der Waals surface area contributed by atoms with Crippen LogP contribution in [0.25, 0.3) is 11.2 Å². The van der Waals surface area contributed by atoms with Crippen molar-refractivity contribution < 1.29 is 0 Å². The standard InChI is InChI=1S/C14H23ClN4S/c1-5-6-11-13-14(18(3)17-11)19(12(9-15)16-13)8-7-10(2)20-4/h10H,5-9H2,1-4H3. The Hall–Kier alpha value is -0.680. The van der Waals surface area contributed by atoms with E-state index in [1.54, 1.807) is 0 Å². The number of thioether (sulfide) groups is 1. The third-order valence-electron chi connectivity index (χ3n) is 3.64.